The first-order chi connectivity index (χ1) is 12.2. The minimum Gasteiger partial charge on any atom is -0.495 e. The van der Waals surface area contributed by atoms with Gasteiger partial charge in [-0.2, -0.15) is 0 Å². The lowest BCUT2D eigenvalue weighted by Crippen LogP contribution is -2.51. The number of urea groups is 1. The van der Waals surface area contributed by atoms with Crippen LogP contribution in [0.2, 0.25) is 0 Å². The van der Waals surface area contributed by atoms with Crippen molar-refractivity contribution in [3.05, 3.63) is 60.2 Å². The van der Waals surface area contributed by atoms with Crippen molar-refractivity contribution in [1.29, 1.82) is 0 Å². The van der Waals surface area contributed by atoms with Crippen LogP contribution in [0.4, 0.5) is 10.5 Å². The third-order valence-electron chi connectivity index (χ3n) is 4.80. The predicted molar refractivity (Wildman–Crippen MR) is 107 cm³/mol. The number of hydrogen-bond acceptors (Lipinski definition) is 3. The first-order valence-electron chi connectivity index (χ1n) is 8.68. The van der Waals surface area contributed by atoms with Crippen molar-refractivity contribution in [2.75, 3.05) is 32.1 Å². The smallest absolute Gasteiger partial charge is 0.319 e. The molecule has 3 rings (SSSR count). The van der Waals surface area contributed by atoms with Crippen molar-refractivity contribution >= 4 is 24.1 Å². The molecule has 26 heavy (non-hydrogen) atoms. The molecule has 0 radical (unpaired) electrons. The molecule has 1 heterocycles. The van der Waals surface area contributed by atoms with Gasteiger partial charge < -0.3 is 20.7 Å². The van der Waals surface area contributed by atoms with Crippen LogP contribution >= 0.6 is 12.4 Å². The number of carbonyl (C=O) groups excluding carboxylic acids is 1. The van der Waals surface area contributed by atoms with Crippen LogP contribution in [0.15, 0.2) is 54.6 Å². The van der Waals surface area contributed by atoms with Gasteiger partial charge in [0, 0.05) is 18.5 Å². The number of hydrogen-bond donors (Lipinski definition) is 3. The van der Waals surface area contributed by atoms with E-state index in [1.807, 2.05) is 30.3 Å². The highest BCUT2D eigenvalue weighted by molar-refractivity contribution is 5.91. The third kappa shape index (κ3) is 4.68. The van der Waals surface area contributed by atoms with Crippen LogP contribution < -0.4 is 20.7 Å². The molecule has 0 bridgehead atoms. The molecule has 1 aliphatic heterocycles. The molecule has 1 fully saturated rings. The van der Waals surface area contributed by atoms with Gasteiger partial charge in [-0.15, -0.1) is 12.4 Å². The van der Waals surface area contributed by atoms with Crippen molar-refractivity contribution in [1.82, 2.24) is 10.6 Å². The number of methoxy groups -OCH3 is 1. The van der Waals surface area contributed by atoms with Gasteiger partial charge in [-0.1, -0.05) is 42.5 Å². The largest absolute Gasteiger partial charge is 0.495 e. The van der Waals surface area contributed by atoms with E-state index in [1.54, 1.807) is 7.11 Å². The van der Waals surface area contributed by atoms with Crippen LogP contribution in [0.25, 0.3) is 0 Å². The number of halogens is 1. The number of benzene rings is 2. The number of anilines is 1. The molecule has 0 spiro atoms. The lowest BCUT2D eigenvalue weighted by atomic mass is 9.74. The zero-order chi connectivity index (χ0) is 17.5. The van der Waals surface area contributed by atoms with E-state index in [4.69, 9.17) is 4.74 Å². The molecular weight excluding hydrogens is 350 g/mol. The standard InChI is InChI=1S/C20H25N3O2.ClH/c1-25-18-11-6-5-10-17(18)23-19(24)22-15-20(12-7-13-21-14-20)16-8-3-2-4-9-16;/h2-6,8-11,21H,7,12-15H2,1H3,(H2,22,23,24);1H. The van der Waals surface area contributed by atoms with Crippen molar-refractivity contribution in [3.8, 4) is 5.75 Å². The van der Waals surface area contributed by atoms with E-state index in [-0.39, 0.29) is 23.9 Å². The number of para-hydroxylation sites is 2. The molecule has 1 unspecified atom stereocenters. The minimum atomic E-state index is -0.217. The Morgan fingerprint density at radius 1 is 1.15 bits per heavy atom. The van der Waals surface area contributed by atoms with Gasteiger partial charge in [0.15, 0.2) is 0 Å². The summed E-state index contributed by atoms with van der Waals surface area (Å²) in [5.41, 5.74) is 1.86. The van der Waals surface area contributed by atoms with Crippen LogP contribution in [0.3, 0.4) is 0 Å². The van der Waals surface area contributed by atoms with Crippen molar-refractivity contribution < 1.29 is 9.53 Å². The highest BCUT2D eigenvalue weighted by Gasteiger charge is 2.34. The molecule has 0 aliphatic carbocycles. The van der Waals surface area contributed by atoms with E-state index < -0.39 is 0 Å². The number of carbonyl (C=O) groups is 1. The summed E-state index contributed by atoms with van der Waals surface area (Å²) in [4.78, 5) is 12.4. The number of nitrogens with one attached hydrogen (secondary N) is 3. The second-order valence-corrected chi connectivity index (χ2v) is 6.43. The van der Waals surface area contributed by atoms with Crippen molar-refractivity contribution in [2.45, 2.75) is 18.3 Å². The molecule has 6 heteroatoms. The van der Waals surface area contributed by atoms with Crippen LogP contribution in [0.5, 0.6) is 5.75 Å². The summed E-state index contributed by atoms with van der Waals surface area (Å²) in [6.45, 7) is 2.49. The number of ether oxygens (including phenoxy) is 1. The highest BCUT2D eigenvalue weighted by atomic mass is 35.5. The summed E-state index contributed by atoms with van der Waals surface area (Å²) in [6, 6.07) is 17.6. The van der Waals surface area contributed by atoms with Crippen LogP contribution in [0.1, 0.15) is 18.4 Å². The summed E-state index contributed by atoms with van der Waals surface area (Å²) in [7, 11) is 1.59. The quantitative estimate of drug-likeness (QED) is 0.748. The molecule has 3 N–H and O–H groups in total. The second-order valence-electron chi connectivity index (χ2n) is 6.43. The fourth-order valence-electron chi connectivity index (χ4n) is 3.42. The maximum atomic E-state index is 12.4. The van der Waals surface area contributed by atoms with E-state index in [2.05, 4.69) is 40.2 Å². The molecule has 140 valence electrons. The Morgan fingerprint density at radius 3 is 2.58 bits per heavy atom. The fourth-order valence-corrected chi connectivity index (χ4v) is 3.42. The summed E-state index contributed by atoms with van der Waals surface area (Å²) in [5.74, 6) is 0.648. The van der Waals surface area contributed by atoms with Gasteiger partial charge in [0.05, 0.1) is 12.8 Å². The Labute approximate surface area is 160 Å². The van der Waals surface area contributed by atoms with Gasteiger partial charge in [-0.25, -0.2) is 4.79 Å². The highest BCUT2D eigenvalue weighted by Crippen LogP contribution is 2.30. The molecule has 1 saturated heterocycles. The van der Waals surface area contributed by atoms with E-state index in [1.165, 1.54) is 5.56 Å². The normalized spacial score (nSPS) is 19.1. The molecule has 2 aromatic carbocycles. The Bertz CT molecular complexity index is 703. The van der Waals surface area contributed by atoms with Gasteiger partial charge >= 0.3 is 6.03 Å². The molecule has 2 aromatic rings. The number of amides is 2. The average Bonchev–Trinajstić information content (AvgIpc) is 2.68. The lowest BCUT2D eigenvalue weighted by molar-refractivity contribution is 0.243. The Kier molecular flexibility index (Phi) is 7.30. The van der Waals surface area contributed by atoms with Gasteiger partial charge in [0.1, 0.15) is 5.75 Å². The van der Waals surface area contributed by atoms with Crippen LogP contribution in [0, 0.1) is 0 Å². The van der Waals surface area contributed by atoms with Gasteiger partial charge in [-0.05, 0) is 37.1 Å². The maximum absolute atomic E-state index is 12.4. The lowest BCUT2D eigenvalue weighted by Gasteiger charge is -2.38. The zero-order valence-corrected chi connectivity index (χ0v) is 15.8. The molecule has 1 aliphatic rings. The third-order valence-corrected chi connectivity index (χ3v) is 4.80. The Hall–Kier alpha value is -2.24. The summed E-state index contributed by atoms with van der Waals surface area (Å²) in [6.07, 6.45) is 2.16. The molecule has 5 nitrogen and oxygen atoms in total. The summed E-state index contributed by atoms with van der Waals surface area (Å²) >= 11 is 0. The first kappa shape index (κ1) is 20.1. The zero-order valence-electron chi connectivity index (χ0n) is 15.0. The van der Waals surface area contributed by atoms with E-state index in [0.29, 0.717) is 18.0 Å². The molecule has 0 saturated carbocycles. The number of piperidine rings is 1. The van der Waals surface area contributed by atoms with E-state index in [9.17, 15) is 4.79 Å². The maximum Gasteiger partial charge on any atom is 0.319 e. The second kappa shape index (κ2) is 9.46. The predicted octanol–water partition coefficient (Wildman–Crippen LogP) is 3.56. The van der Waals surface area contributed by atoms with E-state index in [0.717, 1.165) is 25.9 Å². The Balaban J connectivity index is 0.00000243. The van der Waals surface area contributed by atoms with Gasteiger partial charge in [0.2, 0.25) is 0 Å². The molecule has 1 atom stereocenters. The van der Waals surface area contributed by atoms with Gasteiger partial charge in [0.25, 0.3) is 0 Å². The van der Waals surface area contributed by atoms with E-state index >= 15 is 0 Å². The summed E-state index contributed by atoms with van der Waals surface area (Å²) < 4.78 is 5.28. The van der Waals surface area contributed by atoms with Crippen molar-refractivity contribution in [2.24, 2.45) is 0 Å². The SMILES string of the molecule is COc1ccccc1NC(=O)NCC1(c2ccccc2)CCCNC1.Cl. The molecular formula is C20H26ClN3O2. The topological polar surface area (TPSA) is 62.4 Å². The monoisotopic (exact) mass is 375 g/mol. The average molecular weight is 376 g/mol. The van der Waals surface area contributed by atoms with Crippen molar-refractivity contribution in [3.63, 3.8) is 0 Å². The number of rotatable bonds is 5. The minimum absolute atomic E-state index is 0. The first-order valence-corrected chi connectivity index (χ1v) is 8.68. The molecule has 2 amide bonds. The van der Waals surface area contributed by atoms with Gasteiger partial charge in [-0.3, -0.25) is 0 Å². The molecule has 0 aromatic heterocycles. The van der Waals surface area contributed by atoms with Crippen LogP contribution in [-0.4, -0.2) is 32.8 Å². The van der Waals surface area contributed by atoms with Crippen LogP contribution in [-0.2, 0) is 5.41 Å². The fraction of sp³-hybridized carbons (Fsp3) is 0.350. The Morgan fingerprint density at radius 2 is 1.88 bits per heavy atom. The summed E-state index contributed by atoms with van der Waals surface area (Å²) in [5, 5.41) is 9.39.